The van der Waals surface area contributed by atoms with E-state index >= 15 is 0 Å². The number of aryl methyl sites for hydroxylation is 2. The van der Waals surface area contributed by atoms with Crippen LogP contribution in [0.25, 0.3) is 0 Å². The van der Waals surface area contributed by atoms with Crippen molar-refractivity contribution in [2.75, 3.05) is 26.1 Å². The minimum absolute atomic E-state index is 0.630. The van der Waals surface area contributed by atoms with Crippen LogP contribution in [0.4, 0.5) is 5.69 Å². The monoisotopic (exact) mass is 285 g/mol. The Morgan fingerprint density at radius 1 is 1.05 bits per heavy atom. The molecule has 112 valence electrons. The van der Waals surface area contributed by atoms with E-state index in [1.165, 1.54) is 0 Å². The normalized spacial score (nSPS) is 12.1. The number of nitrogens with zero attached hydrogens (tertiary/aromatic N) is 1. The van der Waals surface area contributed by atoms with Crippen molar-refractivity contribution in [1.82, 2.24) is 0 Å². The van der Waals surface area contributed by atoms with Gasteiger partial charge in [0.1, 0.15) is 11.9 Å². The summed E-state index contributed by atoms with van der Waals surface area (Å²) in [6, 6.07) is 12.0. The molecule has 1 atom stereocenters. The van der Waals surface area contributed by atoms with Crippen LogP contribution in [0.3, 0.4) is 0 Å². The Hall–Kier alpha value is -2.00. The molecule has 21 heavy (non-hydrogen) atoms. The van der Waals surface area contributed by atoms with Gasteiger partial charge in [-0.05, 0) is 60.4 Å². The third-order valence-electron chi connectivity index (χ3n) is 3.78. The molecule has 0 aliphatic rings. The average molecular weight is 285 g/mol. The van der Waals surface area contributed by atoms with E-state index in [1.54, 1.807) is 7.11 Å². The van der Waals surface area contributed by atoms with Crippen LogP contribution in [-0.4, -0.2) is 26.3 Å². The number of aliphatic hydroxyl groups excluding tert-OH is 1. The van der Waals surface area contributed by atoms with Gasteiger partial charge in [-0.3, -0.25) is 0 Å². The molecule has 0 saturated heterocycles. The van der Waals surface area contributed by atoms with Gasteiger partial charge in [-0.2, -0.15) is 0 Å². The van der Waals surface area contributed by atoms with Crippen molar-refractivity contribution >= 4 is 5.69 Å². The van der Waals surface area contributed by atoms with Gasteiger partial charge < -0.3 is 14.7 Å². The predicted molar refractivity (Wildman–Crippen MR) is 87.3 cm³/mol. The highest BCUT2D eigenvalue weighted by Crippen LogP contribution is 2.31. The number of hydrogen-bond acceptors (Lipinski definition) is 3. The van der Waals surface area contributed by atoms with Gasteiger partial charge in [0.05, 0.1) is 7.11 Å². The Morgan fingerprint density at radius 2 is 1.76 bits per heavy atom. The zero-order chi connectivity index (χ0) is 15.6. The van der Waals surface area contributed by atoms with E-state index in [2.05, 4.69) is 0 Å². The van der Waals surface area contributed by atoms with Gasteiger partial charge in [-0.25, -0.2) is 0 Å². The molecule has 2 rings (SSSR count). The maximum absolute atomic E-state index is 10.7. The fourth-order valence-electron chi connectivity index (χ4n) is 2.48. The summed E-state index contributed by atoms with van der Waals surface area (Å²) in [5.41, 5.74) is 4.95. The number of hydrogen-bond donors (Lipinski definition) is 1. The molecule has 0 radical (unpaired) electrons. The highest BCUT2D eigenvalue weighted by atomic mass is 16.5. The third-order valence-corrected chi connectivity index (χ3v) is 3.78. The van der Waals surface area contributed by atoms with Gasteiger partial charge >= 0.3 is 0 Å². The van der Waals surface area contributed by atoms with Crippen molar-refractivity contribution in [1.29, 1.82) is 0 Å². The van der Waals surface area contributed by atoms with E-state index in [0.29, 0.717) is 0 Å². The van der Waals surface area contributed by atoms with Crippen molar-refractivity contribution in [3.63, 3.8) is 0 Å². The van der Waals surface area contributed by atoms with Gasteiger partial charge in [-0.1, -0.05) is 12.1 Å². The molecular weight excluding hydrogens is 262 g/mol. The molecule has 2 aromatic carbocycles. The van der Waals surface area contributed by atoms with Crippen LogP contribution in [0.1, 0.15) is 28.4 Å². The van der Waals surface area contributed by atoms with Crippen LogP contribution < -0.4 is 9.64 Å². The van der Waals surface area contributed by atoms with Crippen molar-refractivity contribution in [2.45, 2.75) is 20.0 Å². The molecule has 0 amide bonds. The summed E-state index contributed by atoms with van der Waals surface area (Å²) in [6.45, 7) is 3.99. The Kier molecular flexibility index (Phi) is 4.53. The number of ether oxygens (including phenoxy) is 1. The molecule has 1 N–H and O–H groups in total. The third kappa shape index (κ3) is 3.19. The second-order valence-corrected chi connectivity index (χ2v) is 5.57. The van der Waals surface area contributed by atoms with Crippen molar-refractivity contribution < 1.29 is 9.84 Å². The molecule has 0 aliphatic carbocycles. The molecule has 1 unspecified atom stereocenters. The Labute approximate surface area is 126 Å². The van der Waals surface area contributed by atoms with E-state index in [4.69, 9.17) is 4.74 Å². The first kappa shape index (κ1) is 15.4. The maximum Gasteiger partial charge on any atom is 0.122 e. The van der Waals surface area contributed by atoms with Crippen LogP contribution >= 0.6 is 0 Å². The van der Waals surface area contributed by atoms with Crippen LogP contribution in [0, 0.1) is 13.8 Å². The first-order valence-electron chi connectivity index (χ1n) is 7.04. The molecule has 0 spiro atoms. The minimum atomic E-state index is -0.630. The zero-order valence-electron chi connectivity index (χ0n) is 13.3. The van der Waals surface area contributed by atoms with Crippen LogP contribution in [0.2, 0.25) is 0 Å². The molecule has 0 saturated carbocycles. The van der Waals surface area contributed by atoms with Crippen LogP contribution in [-0.2, 0) is 0 Å². The molecule has 0 aliphatic heterocycles. The molecule has 2 aromatic rings. The van der Waals surface area contributed by atoms with Crippen molar-refractivity contribution in [3.8, 4) is 5.75 Å². The lowest BCUT2D eigenvalue weighted by atomic mass is 9.95. The standard InChI is InChI=1S/C18H23NO2/c1-12-10-17(21-5)13(2)9-16(12)18(20)14-7-6-8-15(11-14)19(3)4/h6-11,18,20H,1-5H3. The van der Waals surface area contributed by atoms with Gasteiger partial charge in [0.2, 0.25) is 0 Å². The van der Waals surface area contributed by atoms with Gasteiger partial charge in [0.25, 0.3) is 0 Å². The summed E-state index contributed by atoms with van der Waals surface area (Å²) < 4.78 is 5.33. The summed E-state index contributed by atoms with van der Waals surface area (Å²) in [4.78, 5) is 2.03. The first-order chi connectivity index (χ1) is 9.93. The van der Waals surface area contributed by atoms with E-state index in [1.807, 2.05) is 69.2 Å². The van der Waals surface area contributed by atoms with E-state index < -0.39 is 6.10 Å². The van der Waals surface area contributed by atoms with E-state index in [-0.39, 0.29) is 0 Å². The van der Waals surface area contributed by atoms with Gasteiger partial charge in [0.15, 0.2) is 0 Å². The molecular formula is C18H23NO2. The lowest BCUT2D eigenvalue weighted by Gasteiger charge is -2.19. The summed E-state index contributed by atoms with van der Waals surface area (Å²) in [7, 11) is 5.65. The SMILES string of the molecule is COc1cc(C)c(C(O)c2cccc(N(C)C)c2)cc1C. The number of methoxy groups -OCH3 is 1. The summed E-state index contributed by atoms with van der Waals surface area (Å²) in [5.74, 6) is 0.852. The lowest BCUT2D eigenvalue weighted by molar-refractivity contribution is 0.219. The van der Waals surface area contributed by atoms with Gasteiger partial charge in [0, 0.05) is 19.8 Å². The first-order valence-corrected chi connectivity index (χ1v) is 7.04. The van der Waals surface area contributed by atoms with Crippen LogP contribution in [0.15, 0.2) is 36.4 Å². The number of rotatable bonds is 4. The van der Waals surface area contributed by atoms with Crippen LogP contribution in [0.5, 0.6) is 5.75 Å². The molecule has 3 nitrogen and oxygen atoms in total. The highest BCUT2D eigenvalue weighted by Gasteiger charge is 2.15. The van der Waals surface area contributed by atoms with E-state index in [0.717, 1.165) is 33.7 Å². The molecule has 0 bridgehead atoms. The quantitative estimate of drug-likeness (QED) is 0.934. The van der Waals surface area contributed by atoms with Crippen molar-refractivity contribution in [2.24, 2.45) is 0 Å². The Balaban J connectivity index is 2.42. The fourth-order valence-corrected chi connectivity index (χ4v) is 2.48. The number of anilines is 1. The molecule has 0 aromatic heterocycles. The molecule has 3 heteroatoms. The second-order valence-electron chi connectivity index (χ2n) is 5.57. The molecule has 0 fully saturated rings. The molecule has 0 heterocycles. The topological polar surface area (TPSA) is 32.7 Å². The van der Waals surface area contributed by atoms with E-state index in [9.17, 15) is 5.11 Å². The Bertz CT molecular complexity index is 635. The maximum atomic E-state index is 10.7. The fraction of sp³-hybridized carbons (Fsp3) is 0.333. The predicted octanol–water partition coefficient (Wildman–Crippen LogP) is 3.46. The minimum Gasteiger partial charge on any atom is -0.496 e. The second kappa shape index (κ2) is 6.19. The number of benzene rings is 2. The highest BCUT2D eigenvalue weighted by molar-refractivity contribution is 5.50. The summed E-state index contributed by atoms with van der Waals surface area (Å²) >= 11 is 0. The smallest absolute Gasteiger partial charge is 0.122 e. The Morgan fingerprint density at radius 3 is 2.38 bits per heavy atom. The average Bonchev–Trinajstić information content (AvgIpc) is 2.48. The van der Waals surface area contributed by atoms with Gasteiger partial charge in [-0.15, -0.1) is 0 Å². The van der Waals surface area contributed by atoms with Crippen molar-refractivity contribution in [3.05, 3.63) is 58.7 Å². The summed E-state index contributed by atoms with van der Waals surface area (Å²) in [6.07, 6.45) is -0.630. The zero-order valence-corrected chi connectivity index (χ0v) is 13.3. The number of aliphatic hydroxyl groups is 1. The summed E-state index contributed by atoms with van der Waals surface area (Å²) in [5, 5.41) is 10.7. The largest absolute Gasteiger partial charge is 0.496 e. The lowest BCUT2D eigenvalue weighted by Crippen LogP contribution is -2.10.